The molecule has 30 heavy (non-hydrogen) atoms. The highest BCUT2D eigenvalue weighted by atomic mass is 32.2. The molecule has 0 saturated carbocycles. The quantitative estimate of drug-likeness (QED) is 0.429. The van der Waals surface area contributed by atoms with E-state index in [-0.39, 0.29) is 11.2 Å². The van der Waals surface area contributed by atoms with Crippen molar-refractivity contribution in [3.8, 4) is 5.75 Å². The Bertz CT molecular complexity index is 1030. The minimum atomic E-state index is -0.277. The molecule has 1 amide bonds. The molecule has 1 aliphatic heterocycles. The van der Waals surface area contributed by atoms with Crippen LogP contribution in [0.1, 0.15) is 16.9 Å². The highest BCUT2D eigenvalue weighted by molar-refractivity contribution is 8.15. The van der Waals surface area contributed by atoms with Gasteiger partial charge < -0.3 is 9.15 Å². The van der Waals surface area contributed by atoms with Gasteiger partial charge in [0, 0.05) is 18.0 Å². The summed E-state index contributed by atoms with van der Waals surface area (Å²) in [5.41, 5.74) is 1.89. The molecule has 1 aliphatic rings. The largest absolute Gasteiger partial charge is 0.497 e. The maximum atomic E-state index is 13.1. The van der Waals surface area contributed by atoms with Crippen LogP contribution in [0.4, 0.5) is 0 Å². The summed E-state index contributed by atoms with van der Waals surface area (Å²) in [6.07, 6.45) is 7.20. The molecule has 4 rings (SSSR count). The fourth-order valence-electron chi connectivity index (χ4n) is 2.99. The molecule has 0 bridgehead atoms. The lowest BCUT2D eigenvalue weighted by atomic mass is 10.1. The Morgan fingerprint density at radius 3 is 2.80 bits per heavy atom. The Morgan fingerprint density at radius 2 is 2.10 bits per heavy atom. The van der Waals surface area contributed by atoms with Crippen molar-refractivity contribution in [1.29, 1.82) is 0 Å². The first-order valence-corrected chi connectivity index (χ1v) is 10.3. The average molecular weight is 420 g/mol. The number of nitrogens with zero attached hydrogens (tertiary/aromatic N) is 4. The van der Waals surface area contributed by atoms with Crippen LogP contribution in [0.5, 0.6) is 5.75 Å². The van der Waals surface area contributed by atoms with Crippen LogP contribution in [-0.2, 0) is 17.8 Å². The van der Waals surface area contributed by atoms with E-state index < -0.39 is 0 Å². The van der Waals surface area contributed by atoms with Gasteiger partial charge in [-0.3, -0.25) is 14.7 Å². The van der Waals surface area contributed by atoms with Crippen molar-refractivity contribution >= 4 is 29.1 Å². The van der Waals surface area contributed by atoms with Gasteiger partial charge in [0.05, 0.1) is 31.4 Å². The van der Waals surface area contributed by atoms with Gasteiger partial charge in [0.15, 0.2) is 5.17 Å². The molecule has 1 fully saturated rings. The van der Waals surface area contributed by atoms with Crippen LogP contribution < -0.4 is 4.74 Å². The number of hydrogen-bond acceptors (Lipinski definition) is 7. The Balaban J connectivity index is 1.53. The highest BCUT2D eigenvalue weighted by Gasteiger charge is 2.38. The van der Waals surface area contributed by atoms with Crippen molar-refractivity contribution in [1.82, 2.24) is 9.88 Å². The molecule has 1 atom stereocenters. The topological polar surface area (TPSA) is 80.3 Å². The van der Waals surface area contributed by atoms with Crippen molar-refractivity contribution in [3.05, 3.63) is 84.1 Å². The normalized spacial score (nSPS) is 17.9. The summed E-state index contributed by atoms with van der Waals surface area (Å²) in [5, 5.41) is 8.75. The lowest BCUT2D eigenvalue weighted by Gasteiger charge is -2.14. The molecule has 2 aromatic heterocycles. The van der Waals surface area contributed by atoms with E-state index >= 15 is 0 Å². The summed E-state index contributed by atoms with van der Waals surface area (Å²) in [6, 6.07) is 15.1. The van der Waals surface area contributed by atoms with Crippen LogP contribution in [-0.4, -0.2) is 39.5 Å². The number of hydrogen-bond donors (Lipinski definition) is 0. The lowest BCUT2D eigenvalue weighted by molar-refractivity contribution is -0.126. The van der Waals surface area contributed by atoms with Gasteiger partial charge in [0.25, 0.3) is 0 Å². The van der Waals surface area contributed by atoms with E-state index in [0.29, 0.717) is 23.9 Å². The van der Waals surface area contributed by atoms with Crippen LogP contribution in [0, 0.1) is 0 Å². The minimum absolute atomic E-state index is 0.0115. The van der Waals surface area contributed by atoms with Crippen molar-refractivity contribution in [2.75, 3.05) is 7.11 Å². The molecular weight excluding hydrogens is 400 g/mol. The molecule has 0 radical (unpaired) electrons. The maximum absolute atomic E-state index is 13.1. The number of furan rings is 1. The molecule has 152 valence electrons. The number of amidine groups is 1. The van der Waals surface area contributed by atoms with E-state index in [0.717, 1.165) is 16.9 Å². The van der Waals surface area contributed by atoms with E-state index in [9.17, 15) is 4.79 Å². The lowest BCUT2D eigenvalue weighted by Crippen LogP contribution is -2.32. The zero-order valence-electron chi connectivity index (χ0n) is 16.3. The van der Waals surface area contributed by atoms with Crippen molar-refractivity contribution in [3.63, 3.8) is 0 Å². The molecule has 3 aromatic rings. The number of carbonyl (C=O) groups excluding carboxylic acids is 1. The number of thioether (sulfide) groups is 1. The number of aromatic nitrogens is 1. The van der Waals surface area contributed by atoms with Crippen molar-refractivity contribution < 1.29 is 13.9 Å². The summed E-state index contributed by atoms with van der Waals surface area (Å²) in [6.45, 7) is 0.319. The van der Waals surface area contributed by atoms with Crippen LogP contribution in [0.25, 0.3) is 0 Å². The van der Waals surface area contributed by atoms with E-state index in [4.69, 9.17) is 9.15 Å². The van der Waals surface area contributed by atoms with Gasteiger partial charge in [-0.25, -0.2) is 0 Å². The van der Waals surface area contributed by atoms with E-state index in [1.54, 1.807) is 42.9 Å². The third-order valence-electron chi connectivity index (χ3n) is 4.53. The first-order valence-electron chi connectivity index (χ1n) is 9.37. The standard InChI is InChI=1S/C22H20N4O3S/c1-28-18-8-6-16(7-9-18)12-20-21(27)26(15-19-5-3-11-29-19)22(30-20)25-24-14-17-4-2-10-23-13-17/h2-11,13-14,20H,12,15H2,1H3/b24-14+,25-22+. The fraction of sp³-hybridized carbons (Fsp3) is 0.182. The number of ether oxygens (including phenoxy) is 1. The van der Waals surface area contributed by atoms with E-state index in [2.05, 4.69) is 15.2 Å². The van der Waals surface area contributed by atoms with Crippen LogP contribution in [0.2, 0.25) is 0 Å². The molecule has 3 heterocycles. The van der Waals surface area contributed by atoms with Gasteiger partial charge in [-0.05, 0) is 42.3 Å². The number of pyridine rings is 1. The summed E-state index contributed by atoms with van der Waals surface area (Å²) < 4.78 is 10.6. The molecule has 7 nitrogen and oxygen atoms in total. The van der Waals surface area contributed by atoms with Gasteiger partial charge in [-0.15, -0.1) is 5.10 Å². The summed E-state index contributed by atoms with van der Waals surface area (Å²) in [5.74, 6) is 1.47. The molecule has 0 aliphatic carbocycles. The summed E-state index contributed by atoms with van der Waals surface area (Å²) in [7, 11) is 1.63. The SMILES string of the molecule is COc1ccc(CC2S/C(=N/N=C/c3cccnc3)N(Cc3ccco3)C2=O)cc1. The third kappa shape index (κ3) is 4.77. The predicted molar refractivity (Wildman–Crippen MR) is 117 cm³/mol. The van der Waals surface area contributed by atoms with Gasteiger partial charge in [0.2, 0.25) is 5.91 Å². The van der Waals surface area contributed by atoms with Crippen LogP contribution in [0.15, 0.2) is 81.8 Å². The van der Waals surface area contributed by atoms with Crippen molar-refractivity contribution in [2.24, 2.45) is 10.2 Å². The van der Waals surface area contributed by atoms with Crippen LogP contribution >= 0.6 is 11.8 Å². The predicted octanol–water partition coefficient (Wildman–Crippen LogP) is 3.76. The highest BCUT2D eigenvalue weighted by Crippen LogP contribution is 2.31. The minimum Gasteiger partial charge on any atom is -0.497 e. The average Bonchev–Trinajstić information content (AvgIpc) is 3.39. The van der Waals surface area contributed by atoms with Gasteiger partial charge in [-0.1, -0.05) is 30.0 Å². The fourth-order valence-corrected chi connectivity index (χ4v) is 4.13. The Hall–Kier alpha value is -3.39. The second-order valence-corrected chi connectivity index (χ2v) is 7.75. The van der Waals surface area contributed by atoms with Crippen LogP contribution in [0.3, 0.4) is 0 Å². The first kappa shape index (κ1) is 19.9. The number of carbonyl (C=O) groups is 1. The van der Waals surface area contributed by atoms with E-state index in [1.165, 1.54) is 11.8 Å². The molecule has 8 heteroatoms. The first-order chi connectivity index (χ1) is 14.7. The smallest absolute Gasteiger partial charge is 0.242 e. The monoisotopic (exact) mass is 420 g/mol. The number of amides is 1. The maximum Gasteiger partial charge on any atom is 0.242 e. The second-order valence-electron chi connectivity index (χ2n) is 6.58. The van der Waals surface area contributed by atoms with Gasteiger partial charge in [0.1, 0.15) is 11.5 Å². The molecule has 1 aromatic carbocycles. The zero-order chi connectivity index (χ0) is 20.8. The van der Waals surface area contributed by atoms with Crippen molar-refractivity contribution in [2.45, 2.75) is 18.2 Å². The molecule has 1 saturated heterocycles. The van der Waals surface area contributed by atoms with Gasteiger partial charge in [-0.2, -0.15) is 5.10 Å². The summed E-state index contributed by atoms with van der Waals surface area (Å²) >= 11 is 1.41. The second kappa shape index (κ2) is 9.41. The number of methoxy groups -OCH3 is 1. The zero-order valence-corrected chi connectivity index (χ0v) is 17.2. The molecule has 1 unspecified atom stereocenters. The van der Waals surface area contributed by atoms with Gasteiger partial charge >= 0.3 is 0 Å². The molecular formula is C22H20N4O3S. The molecule has 0 N–H and O–H groups in total. The number of benzene rings is 1. The van der Waals surface area contributed by atoms with E-state index in [1.807, 2.05) is 42.5 Å². The Labute approximate surface area is 178 Å². The number of rotatable bonds is 7. The summed E-state index contributed by atoms with van der Waals surface area (Å²) in [4.78, 5) is 18.8. The molecule has 0 spiro atoms. The Morgan fingerprint density at radius 1 is 1.23 bits per heavy atom. The third-order valence-corrected chi connectivity index (χ3v) is 5.69. The Kier molecular flexibility index (Phi) is 6.24.